The van der Waals surface area contributed by atoms with Gasteiger partial charge in [0.1, 0.15) is 0 Å². The van der Waals surface area contributed by atoms with Gasteiger partial charge in [-0.2, -0.15) is 0 Å². The fourth-order valence-electron chi connectivity index (χ4n) is 1.44. The van der Waals surface area contributed by atoms with Gasteiger partial charge in [0.15, 0.2) is 0 Å². The maximum absolute atomic E-state index is 11.6. The Morgan fingerprint density at radius 1 is 1.35 bits per heavy atom. The van der Waals surface area contributed by atoms with E-state index in [0.29, 0.717) is 24.0 Å². The lowest BCUT2D eigenvalue weighted by Crippen LogP contribution is -2.22. The Kier molecular flexibility index (Phi) is 7.88. The highest BCUT2D eigenvalue weighted by Crippen LogP contribution is 2.11. The van der Waals surface area contributed by atoms with Gasteiger partial charge < -0.3 is 10.5 Å². The highest BCUT2D eigenvalue weighted by molar-refractivity contribution is 5.87. The second-order valence-corrected chi connectivity index (χ2v) is 5.25. The van der Waals surface area contributed by atoms with Crippen molar-refractivity contribution in [1.29, 1.82) is 0 Å². The molecule has 0 fully saturated rings. The number of rotatable bonds is 7. The van der Waals surface area contributed by atoms with Crippen molar-refractivity contribution in [3.05, 3.63) is 11.6 Å². The van der Waals surface area contributed by atoms with Crippen molar-refractivity contribution in [2.24, 2.45) is 17.6 Å². The average Bonchev–Trinajstić information content (AvgIpc) is 2.25. The Balaban J connectivity index is 4.18. The molecular formula is C14H27NO2. The number of hydrogen-bond donors (Lipinski definition) is 1. The van der Waals surface area contributed by atoms with E-state index in [1.54, 1.807) is 6.92 Å². The first-order valence-electron chi connectivity index (χ1n) is 6.47. The molecule has 0 aromatic heterocycles. The first-order valence-corrected chi connectivity index (χ1v) is 6.47. The molecule has 0 heterocycles. The van der Waals surface area contributed by atoms with Gasteiger partial charge in [0.05, 0.1) is 6.61 Å². The summed E-state index contributed by atoms with van der Waals surface area (Å²) in [6.07, 6.45) is 3.83. The minimum Gasteiger partial charge on any atom is -0.462 e. The van der Waals surface area contributed by atoms with E-state index in [4.69, 9.17) is 10.5 Å². The van der Waals surface area contributed by atoms with E-state index < -0.39 is 0 Å². The Morgan fingerprint density at radius 2 is 1.94 bits per heavy atom. The highest BCUT2D eigenvalue weighted by atomic mass is 16.5. The topological polar surface area (TPSA) is 52.3 Å². The Morgan fingerprint density at radius 3 is 2.41 bits per heavy atom. The SMILES string of the molecule is CC[C@H](C)C[C@@H](N)/C=C(\C)C(=O)OCC(C)C. The molecule has 0 saturated heterocycles. The zero-order valence-corrected chi connectivity index (χ0v) is 11.8. The molecule has 0 spiro atoms. The maximum Gasteiger partial charge on any atom is 0.333 e. The van der Waals surface area contributed by atoms with E-state index in [9.17, 15) is 4.79 Å². The molecule has 0 bridgehead atoms. The van der Waals surface area contributed by atoms with Crippen molar-refractivity contribution in [3.63, 3.8) is 0 Å². The fraction of sp³-hybridized carbons (Fsp3) is 0.786. The number of nitrogens with two attached hydrogens (primary N) is 1. The zero-order chi connectivity index (χ0) is 13.4. The Bertz CT molecular complexity index is 259. The smallest absolute Gasteiger partial charge is 0.333 e. The fourth-order valence-corrected chi connectivity index (χ4v) is 1.44. The van der Waals surface area contributed by atoms with Crippen LogP contribution in [0, 0.1) is 11.8 Å². The van der Waals surface area contributed by atoms with Crippen LogP contribution in [0.1, 0.15) is 47.5 Å². The zero-order valence-electron chi connectivity index (χ0n) is 11.8. The first-order chi connectivity index (χ1) is 7.86. The van der Waals surface area contributed by atoms with Crippen molar-refractivity contribution >= 4 is 5.97 Å². The van der Waals surface area contributed by atoms with Crippen molar-refractivity contribution in [3.8, 4) is 0 Å². The van der Waals surface area contributed by atoms with Gasteiger partial charge in [0, 0.05) is 11.6 Å². The molecule has 0 aliphatic carbocycles. The van der Waals surface area contributed by atoms with E-state index in [-0.39, 0.29) is 12.0 Å². The van der Waals surface area contributed by atoms with E-state index >= 15 is 0 Å². The van der Waals surface area contributed by atoms with Crippen LogP contribution >= 0.6 is 0 Å². The molecule has 0 rings (SSSR count). The Hall–Kier alpha value is -0.830. The van der Waals surface area contributed by atoms with Crippen molar-refractivity contribution in [2.75, 3.05) is 6.61 Å². The molecule has 0 aliphatic heterocycles. The van der Waals surface area contributed by atoms with Crippen LogP contribution in [0.15, 0.2) is 11.6 Å². The van der Waals surface area contributed by atoms with Gasteiger partial charge in [-0.05, 0) is 25.2 Å². The molecule has 0 aliphatic rings. The van der Waals surface area contributed by atoms with Gasteiger partial charge in [-0.1, -0.05) is 40.2 Å². The number of carbonyl (C=O) groups excluding carboxylic acids is 1. The summed E-state index contributed by atoms with van der Waals surface area (Å²) >= 11 is 0. The van der Waals surface area contributed by atoms with Gasteiger partial charge in [0.25, 0.3) is 0 Å². The van der Waals surface area contributed by atoms with Crippen LogP contribution in [0.2, 0.25) is 0 Å². The van der Waals surface area contributed by atoms with Gasteiger partial charge in [-0.3, -0.25) is 0 Å². The molecule has 2 atom stereocenters. The molecule has 0 aromatic rings. The quantitative estimate of drug-likeness (QED) is 0.551. The van der Waals surface area contributed by atoms with Gasteiger partial charge in [0.2, 0.25) is 0 Å². The normalized spacial score (nSPS) is 15.8. The molecule has 0 amide bonds. The molecule has 0 saturated carbocycles. The molecule has 3 nitrogen and oxygen atoms in total. The number of esters is 1. The van der Waals surface area contributed by atoms with Crippen molar-refractivity contribution in [2.45, 2.75) is 53.5 Å². The number of carbonyl (C=O) groups is 1. The van der Waals surface area contributed by atoms with Crippen molar-refractivity contribution in [1.82, 2.24) is 0 Å². The third-order valence-corrected chi connectivity index (χ3v) is 2.71. The largest absolute Gasteiger partial charge is 0.462 e. The van der Waals surface area contributed by atoms with Crippen LogP contribution in [0.3, 0.4) is 0 Å². The summed E-state index contributed by atoms with van der Waals surface area (Å²) in [6.45, 7) is 10.6. The van der Waals surface area contributed by atoms with E-state index in [0.717, 1.165) is 12.8 Å². The lowest BCUT2D eigenvalue weighted by atomic mass is 9.98. The summed E-state index contributed by atoms with van der Waals surface area (Å²) in [7, 11) is 0. The lowest BCUT2D eigenvalue weighted by Gasteiger charge is -2.13. The molecule has 3 heteroatoms. The van der Waals surface area contributed by atoms with E-state index in [1.165, 1.54) is 0 Å². The summed E-state index contributed by atoms with van der Waals surface area (Å²) < 4.78 is 5.13. The van der Waals surface area contributed by atoms with Crippen LogP contribution in [-0.2, 0) is 9.53 Å². The molecule has 0 aromatic carbocycles. The second kappa shape index (κ2) is 8.29. The average molecular weight is 241 g/mol. The highest BCUT2D eigenvalue weighted by Gasteiger charge is 2.10. The molecule has 0 unspecified atom stereocenters. The monoisotopic (exact) mass is 241 g/mol. The van der Waals surface area contributed by atoms with Gasteiger partial charge in [-0.25, -0.2) is 4.79 Å². The van der Waals surface area contributed by atoms with E-state index in [2.05, 4.69) is 13.8 Å². The predicted molar refractivity (Wildman–Crippen MR) is 71.6 cm³/mol. The van der Waals surface area contributed by atoms with Gasteiger partial charge in [-0.15, -0.1) is 0 Å². The standard InChI is InChI=1S/C14H27NO2/c1-6-11(4)7-13(15)8-12(5)14(16)17-9-10(2)3/h8,10-11,13H,6-7,9,15H2,1-5H3/b12-8+/t11-,13+/m0/s1. The third-order valence-electron chi connectivity index (χ3n) is 2.71. The maximum atomic E-state index is 11.6. The van der Waals surface area contributed by atoms with E-state index in [1.807, 2.05) is 19.9 Å². The van der Waals surface area contributed by atoms with Crippen LogP contribution in [0.5, 0.6) is 0 Å². The predicted octanol–water partition coefficient (Wildman–Crippen LogP) is 2.90. The lowest BCUT2D eigenvalue weighted by molar-refractivity contribution is -0.140. The van der Waals surface area contributed by atoms with Gasteiger partial charge >= 0.3 is 5.97 Å². The number of hydrogen-bond acceptors (Lipinski definition) is 3. The minimum absolute atomic E-state index is 0.0588. The first kappa shape index (κ1) is 16.2. The van der Waals surface area contributed by atoms with Crippen LogP contribution in [-0.4, -0.2) is 18.6 Å². The molecule has 2 N–H and O–H groups in total. The molecule has 100 valence electrons. The van der Waals surface area contributed by atoms with Crippen LogP contribution in [0.4, 0.5) is 0 Å². The molecule has 0 radical (unpaired) electrons. The number of ether oxygens (including phenoxy) is 1. The third kappa shape index (κ3) is 7.97. The molecular weight excluding hydrogens is 214 g/mol. The summed E-state index contributed by atoms with van der Waals surface area (Å²) in [4.78, 5) is 11.6. The summed E-state index contributed by atoms with van der Waals surface area (Å²) in [6, 6.07) is -0.0588. The summed E-state index contributed by atoms with van der Waals surface area (Å²) in [5.74, 6) is 0.694. The van der Waals surface area contributed by atoms with Crippen molar-refractivity contribution < 1.29 is 9.53 Å². The summed E-state index contributed by atoms with van der Waals surface area (Å²) in [5, 5.41) is 0. The molecule has 17 heavy (non-hydrogen) atoms. The minimum atomic E-state index is -0.252. The van der Waals surface area contributed by atoms with Crippen LogP contribution < -0.4 is 5.73 Å². The second-order valence-electron chi connectivity index (χ2n) is 5.25. The van der Waals surface area contributed by atoms with Crippen LogP contribution in [0.25, 0.3) is 0 Å². The Labute approximate surface area is 105 Å². The summed E-state index contributed by atoms with van der Waals surface area (Å²) in [5.41, 5.74) is 6.57.